The summed E-state index contributed by atoms with van der Waals surface area (Å²) in [6.45, 7) is 0. The van der Waals surface area contributed by atoms with Crippen molar-refractivity contribution in [3.63, 3.8) is 0 Å². The summed E-state index contributed by atoms with van der Waals surface area (Å²) in [6.07, 6.45) is 3.28. The van der Waals surface area contributed by atoms with Crippen LogP contribution >= 0.6 is 23.2 Å². The van der Waals surface area contributed by atoms with Crippen molar-refractivity contribution in [1.82, 2.24) is 9.88 Å². The molecule has 0 aliphatic carbocycles. The molecule has 2 aliphatic rings. The molecule has 5 nitrogen and oxygen atoms in total. The molecule has 0 radical (unpaired) electrons. The highest BCUT2D eigenvalue weighted by Gasteiger charge is 2.44. The molecule has 2 bridgehead atoms. The summed E-state index contributed by atoms with van der Waals surface area (Å²) in [6, 6.07) is 4.93. The Morgan fingerprint density at radius 1 is 1.16 bits per heavy atom. The molecule has 1 aromatic carbocycles. The molecule has 1 N–H and O–H groups in total. The fourth-order valence-electron chi connectivity index (χ4n) is 4.26. The highest BCUT2D eigenvalue weighted by Crippen LogP contribution is 2.43. The van der Waals surface area contributed by atoms with E-state index in [-0.39, 0.29) is 20.5 Å². The van der Waals surface area contributed by atoms with Crippen molar-refractivity contribution in [2.75, 3.05) is 7.05 Å². The van der Waals surface area contributed by atoms with Crippen molar-refractivity contribution < 1.29 is 8.42 Å². The average molecular weight is 401 g/mol. The first kappa shape index (κ1) is 17.3. The third-order valence-corrected chi connectivity index (χ3v) is 8.82. The lowest BCUT2D eigenvalue weighted by atomic mass is 10.0. The number of aromatic nitrogens is 1. The molecule has 2 atom stereocenters. The van der Waals surface area contributed by atoms with Gasteiger partial charge in [0, 0.05) is 23.5 Å². The predicted molar refractivity (Wildman–Crippen MR) is 99.4 cm³/mol. The summed E-state index contributed by atoms with van der Waals surface area (Å²) in [4.78, 5) is 16.4. The third-order valence-electron chi connectivity index (χ3n) is 5.65. The molecule has 2 fully saturated rings. The Bertz CT molecular complexity index is 1000. The minimum Gasteiger partial charge on any atom is -0.322 e. The van der Waals surface area contributed by atoms with Crippen LogP contribution in [0.25, 0.3) is 10.9 Å². The van der Waals surface area contributed by atoms with Gasteiger partial charge in [-0.1, -0.05) is 23.2 Å². The molecule has 0 spiro atoms. The van der Waals surface area contributed by atoms with Crippen molar-refractivity contribution in [2.24, 2.45) is 0 Å². The van der Waals surface area contributed by atoms with E-state index in [1.165, 1.54) is 18.2 Å². The van der Waals surface area contributed by atoms with Crippen LogP contribution in [0, 0.1) is 0 Å². The number of nitrogens with zero attached hydrogens (tertiary/aromatic N) is 1. The van der Waals surface area contributed by atoms with Crippen molar-refractivity contribution in [3.05, 3.63) is 38.6 Å². The van der Waals surface area contributed by atoms with E-state index in [1.54, 1.807) is 0 Å². The lowest BCUT2D eigenvalue weighted by Crippen LogP contribution is -2.44. The van der Waals surface area contributed by atoms with Gasteiger partial charge in [0.2, 0.25) is 5.56 Å². The standard InChI is InChI=1S/C17H18Cl2N2O3S/c1-21-9-2-3-10(21)7-11(6-9)25(23,24)17-13(18)8-14-12(16(17)19)4-5-15(22)20-14/h4-5,8-11H,2-3,6-7H2,1H3,(H,20,22). The fourth-order valence-corrected chi connectivity index (χ4v) is 7.40. The number of hydrogen-bond donors (Lipinski definition) is 1. The molecular formula is C17H18Cl2N2O3S. The SMILES string of the molecule is CN1C2CCC1CC(S(=O)(=O)c1c(Cl)cc3[nH]c(=O)ccc3c1Cl)C2. The number of aromatic amines is 1. The lowest BCUT2D eigenvalue weighted by Gasteiger charge is -2.36. The van der Waals surface area contributed by atoms with Gasteiger partial charge in [-0.15, -0.1) is 0 Å². The monoisotopic (exact) mass is 400 g/mol. The van der Waals surface area contributed by atoms with Crippen LogP contribution < -0.4 is 5.56 Å². The molecule has 2 saturated heterocycles. The summed E-state index contributed by atoms with van der Waals surface area (Å²) < 4.78 is 26.6. The number of H-pyrrole nitrogens is 1. The highest BCUT2D eigenvalue weighted by molar-refractivity contribution is 7.92. The van der Waals surface area contributed by atoms with Crippen molar-refractivity contribution >= 4 is 43.9 Å². The van der Waals surface area contributed by atoms with Crippen molar-refractivity contribution in [1.29, 1.82) is 0 Å². The summed E-state index contributed by atoms with van der Waals surface area (Å²) >= 11 is 12.7. The smallest absolute Gasteiger partial charge is 0.248 e. The molecule has 2 unspecified atom stereocenters. The van der Waals surface area contributed by atoms with Gasteiger partial charge >= 0.3 is 0 Å². The van der Waals surface area contributed by atoms with Gasteiger partial charge in [0.05, 0.1) is 20.8 Å². The van der Waals surface area contributed by atoms with Gasteiger partial charge in [0.1, 0.15) is 4.90 Å². The molecule has 1 aromatic heterocycles. The van der Waals surface area contributed by atoms with E-state index in [0.717, 1.165) is 12.8 Å². The third kappa shape index (κ3) is 2.70. The quantitative estimate of drug-likeness (QED) is 0.839. The van der Waals surface area contributed by atoms with E-state index < -0.39 is 15.1 Å². The lowest BCUT2D eigenvalue weighted by molar-refractivity contribution is 0.180. The maximum atomic E-state index is 13.3. The number of piperidine rings is 1. The maximum absolute atomic E-state index is 13.3. The number of sulfone groups is 1. The topological polar surface area (TPSA) is 70.2 Å². The van der Waals surface area contributed by atoms with E-state index in [1.807, 2.05) is 0 Å². The molecular weight excluding hydrogens is 383 g/mol. The Kier molecular flexibility index (Phi) is 4.15. The van der Waals surface area contributed by atoms with Crippen LogP contribution in [0.4, 0.5) is 0 Å². The second-order valence-electron chi connectivity index (χ2n) is 6.97. The van der Waals surface area contributed by atoms with Crippen LogP contribution in [0.2, 0.25) is 10.0 Å². The largest absolute Gasteiger partial charge is 0.322 e. The van der Waals surface area contributed by atoms with E-state index >= 15 is 0 Å². The van der Waals surface area contributed by atoms with Gasteiger partial charge in [0.15, 0.2) is 9.84 Å². The van der Waals surface area contributed by atoms with E-state index in [4.69, 9.17) is 23.2 Å². The van der Waals surface area contributed by atoms with Gasteiger partial charge in [-0.3, -0.25) is 4.79 Å². The first-order chi connectivity index (χ1) is 11.8. The van der Waals surface area contributed by atoms with Crippen LogP contribution in [0.15, 0.2) is 27.9 Å². The molecule has 3 heterocycles. The second kappa shape index (κ2) is 5.98. The Morgan fingerprint density at radius 2 is 1.80 bits per heavy atom. The first-order valence-electron chi connectivity index (χ1n) is 8.26. The van der Waals surface area contributed by atoms with Gasteiger partial charge in [0.25, 0.3) is 0 Å². The summed E-state index contributed by atoms with van der Waals surface area (Å²) in [7, 11) is -1.59. The van der Waals surface area contributed by atoms with Crippen LogP contribution in [-0.2, 0) is 9.84 Å². The number of rotatable bonds is 2. The maximum Gasteiger partial charge on any atom is 0.248 e. The summed E-state index contributed by atoms with van der Waals surface area (Å²) in [5.74, 6) is 0. The van der Waals surface area contributed by atoms with Gasteiger partial charge < -0.3 is 9.88 Å². The van der Waals surface area contributed by atoms with E-state index in [9.17, 15) is 13.2 Å². The zero-order valence-corrected chi connectivity index (χ0v) is 16.0. The van der Waals surface area contributed by atoms with Gasteiger partial charge in [-0.25, -0.2) is 8.42 Å². The normalized spacial score (nSPS) is 27.1. The Hall–Kier alpha value is -1.08. The second-order valence-corrected chi connectivity index (χ2v) is 9.92. The van der Waals surface area contributed by atoms with Gasteiger partial charge in [-0.05, 0) is 44.9 Å². The fraction of sp³-hybridized carbons (Fsp3) is 0.471. The van der Waals surface area contributed by atoms with Crippen molar-refractivity contribution in [3.8, 4) is 0 Å². The molecule has 0 amide bonds. The zero-order valence-electron chi connectivity index (χ0n) is 13.6. The molecule has 2 aromatic rings. The zero-order chi connectivity index (χ0) is 17.9. The predicted octanol–water partition coefficient (Wildman–Crippen LogP) is 3.23. The van der Waals surface area contributed by atoms with Crippen LogP contribution in [0.5, 0.6) is 0 Å². The highest BCUT2D eigenvalue weighted by atomic mass is 35.5. The Labute approximate surface area is 155 Å². The minimum absolute atomic E-state index is 0.00987. The number of halogens is 2. The number of nitrogens with one attached hydrogen (secondary N) is 1. The molecule has 2 aliphatic heterocycles. The van der Waals surface area contributed by atoms with Crippen molar-refractivity contribution in [2.45, 2.75) is 47.9 Å². The van der Waals surface area contributed by atoms with E-state index in [2.05, 4.69) is 16.9 Å². The summed E-state index contributed by atoms with van der Waals surface area (Å²) in [5, 5.41) is 0.159. The van der Waals surface area contributed by atoms with E-state index in [0.29, 0.717) is 35.8 Å². The molecule has 8 heteroatoms. The number of fused-ring (bicyclic) bond motifs is 3. The van der Waals surface area contributed by atoms with Gasteiger partial charge in [-0.2, -0.15) is 0 Å². The summed E-state index contributed by atoms with van der Waals surface area (Å²) in [5.41, 5.74) is 0.145. The molecule has 25 heavy (non-hydrogen) atoms. The van der Waals surface area contributed by atoms with Crippen LogP contribution in [0.3, 0.4) is 0 Å². The minimum atomic E-state index is -3.66. The van der Waals surface area contributed by atoms with Crippen LogP contribution in [0.1, 0.15) is 25.7 Å². The Balaban J connectivity index is 1.83. The first-order valence-corrected chi connectivity index (χ1v) is 10.6. The van der Waals surface area contributed by atoms with Crippen LogP contribution in [-0.4, -0.2) is 42.7 Å². The average Bonchev–Trinajstić information content (AvgIpc) is 2.75. The molecule has 4 rings (SSSR count). The molecule has 0 saturated carbocycles. The Morgan fingerprint density at radius 3 is 2.44 bits per heavy atom. The number of pyridine rings is 1. The number of hydrogen-bond acceptors (Lipinski definition) is 4. The molecule has 134 valence electrons. The number of benzene rings is 1.